The van der Waals surface area contributed by atoms with Gasteiger partial charge in [0, 0.05) is 23.0 Å². The van der Waals surface area contributed by atoms with Crippen molar-refractivity contribution in [2.24, 2.45) is 5.92 Å². The van der Waals surface area contributed by atoms with E-state index >= 15 is 0 Å². The van der Waals surface area contributed by atoms with Gasteiger partial charge in [-0.1, -0.05) is 69.5 Å². The van der Waals surface area contributed by atoms with Gasteiger partial charge in [-0.2, -0.15) is 0 Å². The molecule has 2 aliphatic rings. The van der Waals surface area contributed by atoms with Gasteiger partial charge in [-0.25, -0.2) is 18.1 Å². The monoisotopic (exact) mass is 639 g/mol. The van der Waals surface area contributed by atoms with Crippen molar-refractivity contribution in [3.63, 3.8) is 0 Å². The smallest absolute Gasteiger partial charge is 0.245 e. The van der Waals surface area contributed by atoms with E-state index < -0.39 is 15.6 Å². The van der Waals surface area contributed by atoms with Crippen LogP contribution in [0.5, 0.6) is 17.4 Å². The first kappa shape index (κ1) is 27.2. The van der Waals surface area contributed by atoms with Crippen LogP contribution < -0.4 is 19.5 Å². The Morgan fingerprint density at radius 1 is 1.11 bits per heavy atom. The third-order valence-corrected chi connectivity index (χ3v) is 8.88. The maximum absolute atomic E-state index is 13.6. The topological polar surface area (TPSA) is 107 Å². The number of carbonyl (C=O) groups excluding carboxylic acids is 1. The molecular formula is C26H24BrCl2N3O5S. The van der Waals surface area contributed by atoms with Crippen LogP contribution in [0.4, 0.5) is 0 Å². The van der Waals surface area contributed by atoms with Crippen molar-refractivity contribution in [3.8, 4) is 17.4 Å². The number of nitrogens with zero attached hydrogens (tertiary/aromatic N) is 1. The van der Waals surface area contributed by atoms with E-state index in [4.69, 9.17) is 32.7 Å². The maximum Gasteiger partial charge on any atom is 0.245 e. The minimum atomic E-state index is -4.10. The van der Waals surface area contributed by atoms with Gasteiger partial charge in [-0.3, -0.25) is 4.79 Å². The lowest BCUT2D eigenvalue weighted by atomic mass is 10.2. The fraction of sp³-hybridized carbons (Fsp3) is 0.308. The second kappa shape index (κ2) is 11.0. The lowest BCUT2D eigenvalue weighted by Crippen LogP contribution is -2.46. The molecule has 1 aromatic heterocycles. The summed E-state index contributed by atoms with van der Waals surface area (Å²) < 4.78 is 42.4. The second-order valence-corrected chi connectivity index (χ2v) is 12.8. The van der Waals surface area contributed by atoms with E-state index in [0.717, 1.165) is 18.4 Å². The molecule has 12 heteroatoms. The average molecular weight is 641 g/mol. The van der Waals surface area contributed by atoms with Crippen molar-refractivity contribution in [1.29, 1.82) is 0 Å². The molecule has 8 nitrogen and oxygen atoms in total. The number of sulfonamides is 1. The fourth-order valence-electron chi connectivity index (χ4n) is 3.80. The number of benzene rings is 2. The first-order valence-corrected chi connectivity index (χ1v) is 15.0. The summed E-state index contributed by atoms with van der Waals surface area (Å²) in [4.78, 5) is 16.2. The first-order valence-electron chi connectivity index (χ1n) is 11.9. The number of nitrogens with one attached hydrogen (secondary N) is 2. The average Bonchev–Trinajstić information content (AvgIpc) is 3.81. The van der Waals surface area contributed by atoms with Gasteiger partial charge in [0.05, 0.1) is 21.8 Å². The molecule has 2 fully saturated rings. The third-order valence-electron chi connectivity index (χ3n) is 6.26. The standard InChI is InChI=1S/C26H24BrCl2N3O5S/c27-18-10-19(28)24(20(29)11-18)37-23-12-22(21(13-30-23)36-14-16-4-2-1-3-5-16)38(34,35)32-26(8-9-26)15-31-25(33)17-6-7-17/h1-5,10-13,17,32H,6-9,14-15H2,(H,31,33). The number of aromatic nitrogens is 1. The van der Waals surface area contributed by atoms with Crippen LogP contribution in [0.1, 0.15) is 31.2 Å². The van der Waals surface area contributed by atoms with Crippen LogP contribution in [-0.2, 0) is 21.4 Å². The third kappa shape index (κ3) is 6.60. The van der Waals surface area contributed by atoms with Crippen LogP contribution in [0.15, 0.2) is 64.1 Å². The number of halogens is 3. The molecule has 200 valence electrons. The lowest BCUT2D eigenvalue weighted by molar-refractivity contribution is -0.122. The largest absolute Gasteiger partial charge is 0.486 e. The predicted octanol–water partition coefficient (Wildman–Crippen LogP) is 5.86. The molecule has 0 atom stereocenters. The van der Waals surface area contributed by atoms with Crippen LogP contribution >= 0.6 is 39.1 Å². The summed E-state index contributed by atoms with van der Waals surface area (Å²) in [6.45, 7) is 0.360. The molecule has 0 unspecified atom stereocenters. The van der Waals surface area contributed by atoms with Crippen LogP contribution in [0.2, 0.25) is 10.0 Å². The van der Waals surface area contributed by atoms with Gasteiger partial charge in [0.2, 0.25) is 21.8 Å². The second-order valence-electron chi connectivity index (χ2n) is 9.42. The highest BCUT2D eigenvalue weighted by atomic mass is 79.9. The highest BCUT2D eigenvalue weighted by Gasteiger charge is 2.47. The van der Waals surface area contributed by atoms with Crippen molar-refractivity contribution in [1.82, 2.24) is 15.0 Å². The summed E-state index contributed by atoms with van der Waals surface area (Å²) in [6, 6.07) is 13.8. The molecule has 2 N–H and O–H groups in total. The van der Waals surface area contributed by atoms with Crippen molar-refractivity contribution >= 4 is 55.1 Å². The molecule has 5 rings (SSSR count). The molecule has 0 spiro atoms. The number of hydrogen-bond acceptors (Lipinski definition) is 6. The maximum atomic E-state index is 13.6. The minimum Gasteiger partial charge on any atom is -0.486 e. The molecule has 1 heterocycles. The summed E-state index contributed by atoms with van der Waals surface area (Å²) in [5, 5.41) is 3.32. The van der Waals surface area contributed by atoms with Gasteiger partial charge in [-0.15, -0.1) is 0 Å². The fourth-order valence-corrected chi connectivity index (χ4v) is 6.67. The Morgan fingerprint density at radius 2 is 1.79 bits per heavy atom. The predicted molar refractivity (Wildman–Crippen MR) is 147 cm³/mol. The van der Waals surface area contributed by atoms with Crippen molar-refractivity contribution in [2.75, 3.05) is 6.54 Å². The van der Waals surface area contributed by atoms with Crippen molar-refractivity contribution < 1.29 is 22.7 Å². The Kier molecular flexibility index (Phi) is 7.89. The normalized spacial score (nSPS) is 16.1. The van der Waals surface area contributed by atoms with Crippen LogP contribution in [0, 0.1) is 5.92 Å². The zero-order valence-electron chi connectivity index (χ0n) is 20.0. The minimum absolute atomic E-state index is 0.0320. The van der Waals surface area contributed by atoms with Crippen LogP contribution in [0.3, 0.4) is 0 Å². The number of carbonyl (C=O) groups is 1. The molecule has 2 aliphatic carbocycles. The Morgan fingerprint density at radius 3 is 2.42 bits per heavy atom. The van der Waals surface area contributed by atoms with E-state index in [1.807, 2.05) is 30.3 Å². The van der Waals surface area contributed by atoms with Crippen LogP contribution in [-0.4, -0.2) is 31.4 Å². The van der Waals surface area contributed by atoms with Gasteiger partial charge in [0.1, 0.15) is 11.5 Å². The molecule has 2 saturated carbocycles. The number of ether oxygens (including phenoxy) is 2. The lowest BCUT2D eigenvalue weighted by Gasteiger charge is -2.20. The van der Waals surface area contributed by atoms with E-state index in [2.05, 4.69) is 31.0 Å². The SMILES string of the molecule is O=C(NCC1(NS(=O)(=O)c2cc(Oc3c(Cl)cc(Br)cc3Cl)ncc2OCc2ccccc2)CC1)C1CC1. The molecule has 0 aliphatic heterocycles. The van der Waals surface area contributed by atoms with E-state index in [0.29, 0.717) is 17.3 Å². The summed E-state index contributed by atoms with van der Waals surface area (Å²) in [5.41, 5.74) is 0.113. The van der Waals surface area contributed by atoms with Crippen molar-refractivity contribution in [3.05, 3.63) is 74.8 Å². The van der Waals surface area contributed by atoms with Crippen LogP contribution in [0.25, 0.3) is 0 Å². The molecule has 1 amide bonds. The Bertz CT molecular complexity index is 1440. The van der Waals surface area contributed by atoms with Gasteiger partial charge >= 0.3 is 0 Å². The highest BCUT2D eigenvalue weighted by Crippen LogP contribution is 2.41. The zero-order chi connectivity index (χ0) is 26.9. The van der Waals surface area contributed by atoms with Gasteiger partial charge in [-0.05, 0) is 43.4 Å². The summed E-state index contributed by atoms with van der Waals surface area (Å²) in [6.07, 6.45) is 4.26. The Hall–Kier alpha value is -2.37. The molecular weight excluding hydrogens is 617 g/mol. The quantitative estimate of drug-likeness (QED) is 0.272. The van der Waals surface area contributed by atoms with E-state index in [9.17, 15) is 13.2 Å². The molecule has 38 heavy (non-hydrogen) atoms. The van der Waals surface area contributed by atoms with E-state index in [1.165, 1.54) is 12.3 Å². The molecule has 3 aromatic rings. The van der Waals surface area contributed by atoms with Crippen molar-refractivity contribution in [2.45, 2.75) is 42.7 Å². The zero-order valence-corrected chi connectivity index (χ0v) is 24.0. The summed E-state index contributed by atoms with van der Waals surface area (Å²) in [7, 11) is -4.10. The van der Waals surface area contributed by atoms with Gasteiger partial charge in [0.15, 0.2) is 11.5 Å². The Balaban J connectivity index is 1.42. The first-order chi connectivity index (χ1) is 18.1. The molecule has 0 radical (unpaired) electrons. The molecule has 0 saturated heterocycles. The number of rotatable bonds is 11. The number of pyridine rings is 1. The highest BCUT2D eigenvalue weighted by molar-refractivity contribution is 9.10. The summed E-state index contributed by atoms with van der Waals surface area (Å²) >= 11 is 15.9. The Labute approximate surface area is 239 Å². The van der Waals surface area contributed by atoms with E-state index in [1.54, 1.807) is 12.1 Å². The molecule has 2 aromatic carbocycles. The van der Waals surface area contributed by atoms with E-state index in [-0.39, 0.29) is 57.3 Å². The van der Waals surface area contributed by atoms with Gasteiger partial charge in [0.25, 0.3) is 0 Å². The number of hydrogen-bond donors (Lipinski definition) is 2. The summed E-state index contributed by atoms with van der Waals surface area (Å²) in [5.74, 6) is 0.164. The number of amides is 1. The van der Waals surface area contributed by atoms with Gasteiger partial charge < -0.3 is 14.8 Å². The molecule has 0 bridgehead atoms.